The standard InChI is InChI=1S/C14H20N4S2/c1-4-8-13(17(3)14(19)20-5-2)18-12-10-7-6-9-11(12)15-16-18/h6-7,9-10,13H,4-5,8H2,1-3H3. The van der Waals surface area contributed by atoms with E-state index in [1.54, 1.807) is 11.8 Å². The number of hydrogen-bond donors (Lipinski definition) is 0. The van der Waals surface area contributed by atoms with E-state index in [4.69, 9.17) is 12.2 Å². The smallest absolute Gasteiger partial charge is 0.137 e. The van der Waals surface area contributed by atoms with Crippen molar-refractivity contribution in [3.8, 4) is 0 Å². The predicted molar refractivity (Wildman–Crippen MR) is 90.0 cm³/mol. The van der Waals surface area contributed by atoms with Crippen LogP contribution in [-0.2, 0) is 0 Å². The summed E-state index contributed by atoms with van der Waals surface area (Å²) in [4.78, 5) is 2.13. The van der Waals surface area contributed by atoms with Crippen LogP contribution in [0.3, 0.4) is 0 Å². The first-order valence-corrected chi connectivity index (χ1v) is 8.28. The summed E-state index contributed by atoms with van der Waals surface area (Å²) in [5, 5.41) is 8.58. The van der Waals surface area contributed by atoms with E-state index >= 15 is 0 Å². The maximum atomic E-state index is 5.49. The average molecular weight is 308 g/mol. The third-order valence-corrected chi connectivity index (χ3v) is 4.67. The summed E-state index contributed by atoms with van der Waals surface area (Å²) in [6, 6.07) is 8.05. The minimum absolute atomic E-state index is 0.124. The van der Waals surface area contributed by atoms with Gasteiger partial charge >= 0.3 is 0 Å². The molecule has 0 amide bonds. The molecule has 4 nitrogen and oxygen atoms in total. The van der Waals surface area contributed by atoms with Gasteiger partial charge < -0.3 is 4.90 Å². The Morgan fingerprint density at radius 1 is 1.40 bits per heavy atom. The van der Waals surface area contributed by atoms with Crippen LogP contribution in [0.4, 0.5) is 0 Å². The number of hydrogen-bond acceptors (Lipinski definition) is 4. The highest BCUT2D eigenvalue weighted by molar-refractivity contribution is 8.22. The fourth-order valence-electron chi connectivity index (χ4n) is 2.19. The van der Waals surface area contributed by atoms with Gasteiger partial charge in [-0.05, 0) is 24.3 Å². The van der Waals surface area contributed by atoms with E-state index in [0.29, 0.717) is 0 Å². The second-order valence-electron chi connectivity index (χ2n) is 4.60. The van der Waals surface area contributed by atoms with Crippen molar-refractivity contribution >= 4 is 39.3 Å². The first kappa shape index (κ1) is 15.3. The summed E-state index contributed by atoms with van der Waals surface area (Å²) >= 11 is 7.18. The summed E-state index contributed by atoms with van der Waals surface area (Å²) in [5.41, 5.74) is 1.98. The van der Waals surface area contributed by atoms with Crippen molar-refractivity contribution in [2.24, 2.45) is 0 Å². The van der Waals surface area contributed by atoms with E-state index in [2.05, 4.69) is 35.1 Å². The zero-order valence-corrected chi connectivity index (χ0v) is 13.7. The molecule has 1 aromatic heterocycles. The van der Waals surface area contributed by atoms with Gasteiger partial charge in [0.1, 0.15) is 16.0 Å². The molecule has 20 heavy (non-hydrogen) atoms. The minimum Gasteiger partial charge on any atom is -0.338 e. The van der Waals surface area contributed by atoms with E-state index < -0.39 is 0 Å². The molecule has 2 rings (SSSR count). The Labute approximate surface area is 129 Å². The van der Waals surface area contributed by atoms with Crippen LogP contribution in [0.25, 0.3) is 11.0 Å². The molecule has 6 heteroatoms. The van der Waals surface area contributed by atoms with Gasteiger partial charge in [-0.1, -0.05) is 61.6 Å². The molecule has 0 aliphatic carbocycles. The molecule has 0 saturated heterocycles. The molecule has 108 valence electrons. The summed E-state index contributed by atoms with van der Waals surface area (Å²) in [6.07, 6.45) is 2.19. The second-order valence-corrected chi connectivity index (χ2v) is 6.50. The monoisotopic (exact) mass is 308 g/mol. The molecule has 0 bridgehead atoms. The van der Waals surface area contributed by atoms with Crippen molar-refractivity contribution in [1.29, 1.82) is 0 Å². The van der Waals surface area contributed by atoms with Crippen molar-refractivity contribution in [3.63, 3.8) is 0 Å². The van der Waals surface area contributed by atoms with Crippen LogP contribution in [0.15, 0.2) is 24.3 Å². The van der Waals surface area contributed by atoms with Crippen LogP contribution in [0.2, 0.25) is 0 Å². The average Bonchev–Trinajstić information content (AvgIpc) is 2.88. The van der Waals surface area contributed by atoms with Gasteiger partial charge in [0.05, 0.1) is 5.52 Å². The Hall–Kier alpha value is -1.14. The summed E-state index contributed by atoms with van der Waals surface area (Å²) in [6.45, 7) is 4.29. The third kappa shape index (κ3) is 3.12. The highest BCUT2D eigenvalue weighted by atomic mass is 32.2. The summed E-state index contributed by atoms with van der Waals surface area (Å²) in [7, 11) is 2.04. The van der Waals surface area contributed by atoms with Crippen LogP contribution < -0.4 is 0 Å². The van der Waals surface area contributed by atoms with Crippen LogP contribution >= 0.6 is 24.0 Å². The Morgan fingerprint density at radius 2 is 2.15 bits per heavy atom. The van der Waals surface area contributed by atoms with Crippen molar-refractivity contribution in [2.45, 2.75) is 32.9 Å². The van der Waals surface area contributed by atoms with Crippen molar-refractivity contribution in [1.82, 2.24) is 19.9 Å². The van der Waals surface area contributed by atoms with E-state index in [-0.39, 0.29) is 6.17 Å². The molecule has 1 atom stereocenters. The third-order valence-electron chi connectivity index (χ3n) is 3.21. The number of benzene rings is 1. The van der Waals surface area contributed by atoms with Crippen LogP contribution in [0, 0.1) is 0 Å². The fourth-order valence-corrected chi connectivity index (χ4v) is 3.24. The van der Waals surface area contributed by atoms with Gasteiger partial charge in [0.15, 0.2) is 0 Å². The van der Waals surface area contributed by atoms with Gasteiger partial charge in [0.2, 0.25) is 0 Å². The molecular weight excluding hydrogens is 288 g/mol. The molecule has 0 radical (unpaired) electrons. The first-order chi connectivity index (χ1) is 9.69. The van der Waals surface area contributed by atoms with E-state index in [9.17, 15) is 0 Å². The van der Waals surface area contributed by atoms with Crippen LogP contribution in [-0.4, -0.2) is 37.0 Å². The van der Waals surface area contributed by atoms with E-state index in [0.717, 1.165) is 33.9 Å². The maximum Gasteiger partial charge on any atom is 0.137 e. The summed E-state index contributed by atoms with van der Waals surface area (Å²) < 4.78 is 2.90. The van der Waals surface area contributed by atoms with Gasteiger partial charge in [-0.2, -0.15) is 0 Å². The second kappa shape index (κ2) is 7.04. The topological polar surface area (TPSA) is 34.0 Å². The molecule has 0 N–H and O–H groups in total. The Kier molecular flexibility index (Phi) is 5.37. The summed E-state index contributed by atoms with van der Waals surface area (Å²) in [5.74, 6) is 0.986. The quantitative estimate of drug-likeness (QED) is 0.787. The number of para-hydroxylation sites is 1. The number of nitrogens with zero attached hydrogens (tertiary/aromatic N) is 4. The molecule has 1 unspecified atom stereocenters. The minimum atomic E-state index is 0.124. The van der Waals surface area contributed by atoms with Crippen molar-refractivity contribution in [2.75, 3.05) is 12.8 Å². The number of rotatable bonds is 5. The van der Waals surface area contributed by atoms with Crippen LogP contribution in [0.5, 0.6) is 0 Å². The Bertz CT molecular complexity index is 581. The number of aromatic nitrogens is 3. The largest absolute Gasteiger partial charge is 0.338 e. The van der Waals surface area contributed by atoms with E-state index in [1.165, 1.54) is 0 Å². The lowest BCUT2D eigenvalue weighted by Crippen LogP contribution is -2.32. The van der Waals surface area contributed by atoms with E-state index in [1.807, 2.05) is 29.9 Å². The van der Waals surface area contributed by atoms with Crippen molar-refractivity contribution in [3.05, 3.63) is 24.3 Å². The van der Waals surface area contributed by atoms with Gasteiger partial charge in [0, 0.05) is 7.05 Å². The number of thioether (sulfide) groups is 1. The van der Waals surface area contributed by atoms with Crippen LogP contribution in [0.1, 0.15) is 32.9 Å². The lowest BCUT2D eigenvalue weighted by Gasteiger charge is -2.29. The number of thiocarbonyl (C=S) groups is 1. The molecule has 0 spiro atoms. The number of fused-ring (bicyclic) bond motifs is 1. The molecular formula is C14H20N4S2. The molecule has 1 heterocycles. The lowest BCUT2D eigenvalue weighted by molar-refractivity contribution is 0.245. The first-order valence-electron chi connectivity index (χ1n) is 6.88. The Morgan fingerprint density at radius 3 is 2.85 bits per heavy atom. The zero-order valence-electron chi connectivity index (χ0n) is 12.1. The predicted octanol–water partition coefficient (Wildman–Crippen LogP) is 3.70. The van der Waals surface area contributed by atoms with Gasteiger partial charge in [-0.15, -0.1) is 5.10 Å². The van der Waals surface area contributed by atoms with Gasteiger partial charge in [-0.25, -0.2) is 4.68 Å². The zero-order chi connectivity index (χ0) is 14.5. The maximum absolute atomic E-state index is 5.49. The molecule has 2 aromatic rings. The Balaban J connectivity index is 2.35. The molecule has 0 fully saturated rings. The lowest BCUT2D eigenvalue weighted by atomic mass is 10.2. The highest BCUT2D eigenvalue weighted by Crippen LogP contribution is 2.24. The highest BCUT2D eigenvalue weighted by Gasteiger charge is 2.21. The van der Waals surface area contributed by atoms with Crippen molar-refractivity contribution < 1.29 is 0 Å². The SMILES string of the molecule is CCCC(N(C)C(=S)SCC)n1nnc2ccccc21. The molecule has 0 aliphatic heterocycles. The van der Waals surface area contributed by atoms with Gasteiger partial charge in [0.25, 0.3) is 0 Å². The fraction of sp³-hybridized carbons (Fsp3) is 0.500. The normalized spacial score (nSPS) is 12.6. The van der Waals surface area contributed by atoms with Gasteiger partial charge in [-0.3, -0.25) is 0 Å². The molecule has 0 saturated carbocycles. The molecule has 0 aliphatic rings. The molecule has 1 aromatic carbocycles.